The highest BCUT2D eigenvalue weighted by atomic mass is 16.5. The summed E-state index contributed by atoms with van der Waals surface area (Å²) in [6, 6.07) is 34.8. The molecule has 0 radical (unpaired) electrons. The summed E-state index contributed by atoms with van der Waals surface area (Å²) in [6.07, 6.45) is 2.02. The number of aromatic nitrogens is 1. The minimum Gasteiger partial charge on any atom is -0.493 e. The first-order valence-electron chi connectivity index (χ1n) is 14.6. The van der Waals surface area contributed by atoms with Crippen molar-refractivity contribution < 1.29 is 23.8 Å². The van der Waals surface area contributed by atoms with Crippen molar-refractivity contribution in [3.8, 4) is 28.7 Å². The van der Waals surface area contributed by atoms with Crippen molar-refractivity contribution in [2.24, 2.45) is 0 Å². The van der Waals surface area contributed by atoms with E-state index in [0.717, 1.165) is 51.8 Å². The average molecular weight is 575 g/mol. The van der Waals surface area contributed by atoms with Gasteiger partial charge in [-0.1, -0.05) is 60.7 Å². The zero-order valence-corrected chi connectivity index (χ0v) is 24.1. The van der Waals surface area contributed by atoms with Gasteiger partial charge in [-0.3, -0.25) is 9.69 Å². The number of rotatable bonds is 11. The molecular weight excluding hydrogens is 540 g/mol. The largest absolute Gasteiger partial charge is 0.493 e. The Labute approximate surface area is 251 Å². The fourth-order valence-electron chi connectivity index (χ4n) is 5.62. The van der Waals surface area contributed by atoms with E-state index >= 15 is 0 Å². The quantitative estimate of drug-likeness (QED) is 0.172. The number of para-hydroxylation sites is 1. The van der Waals surface area contributed by atoms with Gasteiger partial charge in [0.15, 0.2) is 0 Å². The van der Waals surface area contributed by atoms with Crippen LogP contribution in [0.1, 0.15) is 41.5 Å². The Hall–Kier alpha value is -4.88. The SMILES string of the molecule is Cc1oc(-c2ccccc2)nc1CCOc1ccc([C@H]2CC[C@H](C(=O)O)N2Cc2ccc(Oc3ccccc3)cc2)cc1. The van der Waals surface area contributed by atoms with Crippen molar-refractivity contribution in [1.29, 1.82) is 0 Å². The van der Waals surface area contributed by atoms with Crippen LogP contribution in [-0.4, -0.2) is 33.6 Å². The number of carboxylic acid groups (broad SMARTS) is 1. The van der Waals surface area contributed by atoms with E-state index in [0.29, 0.717) is 31.9 Å². The first-order chi connectivity index (χ1) is 21.0. The molecule has 0 amide bonds. The molecule has 0 aliphatic carbocycles. The maximum absolute atomic E-state index is 12.1. The first-order valence-corrected chi connectivity index (χ1v) is 14.6. The summed E-state index contributed by atoms with van der Waals surface area (Å²) in [6.45, 7) is 2.93. The van der Waals surface area contributed by atoms with Crippen molar-refractivity contribution in [2.75, 3.05) is 6.61 Å². The minimum atomic E-state index is -0.787. The molecule has 6 rings (SSSR count). The molecule has 7 nitrogen and oxygen atoms in total. The molecule has 1 N–H and O–H groups in total. The Bertz CT molecular complexity index is 1630. The van der Waals surface area contributed by atoms with Crippen molar-refractivity contribution >= 4 is 5.97 Å². The lowest BCUT2D eigenvalue weighted by Crippen LogP contribution is -2.36. The van der Waals surface area contributed by atoms with Crippen LogP contribution in [0.3, 0.4) is 0 Å². The number of aliphatic carboxylic acids is 1. The first kappa shape index (κ1) is 28.2. The number of nitrogens with zero attached hydrogens (tertiary/aromatic N) is 2. The number of oxazole rings is 1. The molecule has 43 heavy (non-hydrogen) atoms. The van der Waals surface area contributed by atoms with Crippen molar-refractivity contribution in [3.63, 3.8) is 0 Å². The zero-order chi connectivity index (χ0) is 29.6. The standard InChI is InChI=1S/C36H34N2O5/c1-25-32(37-35(42-25)28-8-4-2-5-9-28)22-23-41-29-18-14-27(15-19-29)33-20-21-34(36(39)40)38(33)24-26-12-16-31(17-13-26)43-30-10-6-3-7-11-30/h2-19,33-34H,20-24H2,1H3,(H,39,40)/t33-,34-/m1/s1. The Kier molecular flexibility index (Phi) is 8.52. The molecule has 5 aromatic rings. The maximum Gasteiger partial charge on any atom is 0.320 e. The van der Waals surface area contributed by atoms with Gasteiger partial charge in [0.05, 0.1) is 12.3 Å². The molecule has 7 heteroatoms. The van der Waals surface area contributed by atoms with Gasteiger partial charge in [-0.2, -0.15) is 0 Å². The number of ether oxygens (including phenoxy) is 2. The van der Waals surface area contributed by atoms with Gasteiger partial charge in [-0.05, 0) is 79.4 Å². The third kappa shape index (κ3) is 6.79. The van der Waals surface area contributed by atoms with Gasteiger partial charge in [0, 0.05) is 24.6 Å². The number of hydrogen-bond acceptors (Lipinski definition) is 6. The van der Waals surface area contributed by atoms with E-state index in [1.165, 1.54) is 0 Å². The Morgan fingerprint density at radius 2 is 1.51 bits per heavy atom. The summed E-state index contributed by atoms with van der Waals surface area (Å²) in [7, 11) is 0. The summed E-state index contributed by atoms with van der Waals surface area (Å²) in [5.41, 5.74) is 3.96. The highest BCUT2D eigenvalue weighted by molar-refractivity contribution is 5.74. The van der Waals surface area contributed by atoms with Gasteiger partial charge >= 0.3 is 5.97 Å². The van der Waals surface area contributed by atoms with Crippen LogP contribution in [-0.2, 0) is 17.8 Å². The predicted molar refractivity (Wildman–Crippen MR) is 164 cm³/mol. The average Bonchev–Trinajstić information content (AvgIpc) is 3.63. The third-order valence-corrected chi connectivity index (χ3v) is 7.85. The number of benzene rings is 4. The molecule has 0 unspecified atom stereocenters. The fourth-order valence-corrected chi connectivity index (χ4v) is 5.62. The predicted octanol–water partition coefficient (Wildman–Crippen LogP) is 7.85. The second-order valence-corrected chi connectivity index (χ2v) is 10.7. The molecule has 1 saturated heterocycles. The maximum atomic E-state index is 12.1. The van der Waals surface area contributed by atoms with Crippen molar-refractivity contribution in [2.45, 2.75) is 44.8 Å². The van der Waals surface area contributed by atoms with Gasteiger partial charge in [0.2, 0.25) is 5.89 Å². The van der Waals surface area contributed by atoms with Crippen LogP contribution < -0.4 is 9.47 Å². The van der Waals surface area contributed by atoms with E-state index in [4.69, 9.17) is 13.9 Å². The molecule has 1 aromatic heterocycles. The molecule has 2 atom stereocenters. The summed E-state index contributed by atoms with van der Waals surface area (Å²) < 4.78 is 17.8. The van der Waals surface area contributed by atoms with Gasteiger partial charge < -0.3 is 19.0 Å². The summed E-state index contributed by atoms with van der Waals surface area (Å²) in [5, 5.41) is 9.96. The van der Waals surface area contributed by atoms with E-state index < -0.39 is 12.0 Å². The van der Waals surface area contributed by atoms with Gasteiger partial charge in [-0.15, -0.1) is 0 Å². The molecule has 1 aliphatic heterocycles. The van der Waals surface area contributed by atoms with Gasteiger partial charge in [0.1, 0.15) is 29.1 Å². The minimum absolute atomic E-state index is 0.00424. The molecular formula is C36H34N2O5. The van der Waals surface area contributed by atoms with Crippen molar-refractivity contribution in [1.82, 2.24) is 9.88 Å². The van der Waals surface area contributed by atoms with Crippen LogP contribution in [0.5, 0.6) is 17.2 Å². The fraction of sp³-hybridized carbons (Fsp3) is 0.222. The summed E-state index contributed by atoms with van der Waals surface area (Å²) in [4.78, 5) is 18.9. The monoisotopic (exact) mass is 574 g/mol. The molecule has 1 aliphatic rings. The lowest BCUT2D eigenvalue weighted by atomic mass is 10.0. The van der Waals surface area contributed by atoms with E-state index in [2.05, 4.69) is 9.88 Å². The number of aryl methyl sites for hydroxylation is 1. The van der Waals surface area contributed by atoms with E-state index in [-0.39, 0.29) is 6.04 Å². The highest BCUT2D eigenvalue weighted by Gasteiger charge is 2.38. The van der Waals surface area contributed by atoms with Crippen LogP contribution in [0.25, 0.3) is 11.5 Å². The second-order valence-electron chi connectivity index (χ2n) is 10.7. The molecule has 218 valence electrons. The number of hydrogen-bond donors (Lipinski definition) is 1. The Morgan fingerprint density at radius 1 is 0.860 bits per heavy atom. The number of likely N-dealkylation sites (tertiary alicyclic amines) is 1. The molecule has 4 aromatic carbocycles. The van der Waals surface area contributed by atoms with Crippen LogP contribution in [0.2, 0.25) is 0 Å². The number of carbonyl (C=O) groups is 1. The molecule has 0 spiro atoms. The smallest absolute Gasteiger partial charge is 0.320 e. The zero-order valence-electron chi connectivity index (χ0n) is 24.1. The molecule has 2 heterocycles. The Balaban J connectivity index is 1.08. The van der Waals surface area contributed by atoms with Crippen LogP contribution in [0.4, 0.5) is 0 Å². The lowest BCUT2D eigenvalue weighted by Gasteiger charge is -2.28. The van der Waals surface area contributed by atoms with E-state index in [9.17, 15) is 9.90 Å². The molecule has 0 saturated carbocycles. The lowest BCUT2D eigenvalue weighted by molar-refractivity contribution is -0.142. The van der Waals surface area contributed by atoms with Crippen LogP contribution >= 0.6 is 0 Å². The van der Waals surface area contributed by atoms with E-state index in [1.807, 2.05) is 116 Å². The summed E-state index contributed by atoms with van der Waals surface area (Å²) in [5.74, 6) is 2.92. The van der Waals surface area contributed by atoms with Crippen LogP contribution in [0, 0.1) is 6.92 Å². The second kappa shape index (κ2) is 13.0. The third-order valence-electron chi connectivity index (χ3n) is 7.85. The van der Waals surface area contributed by atoms with Gasteiger partial charge in [-0.25, -0.2) is 4.98 Å². The summed E-state index contributed by atoms with van der Waals surface area (Å²) >= 11 is 0. The van der Waals surface area contributed by atoms with Crippen LogP contribution in [0.15, 0.2) is 114 Å². The van der Waals surface area contributed by atoms with E-state index in [1.54, 1.807) is 0 Å². The molecule has 1 fully saturated rings. The molecule has 0 bridgehead atoms. The number of carboxylic acids is 1. The highest BCUT2D eigenvalue weighted by Crippen LogP contribution is 2.38. The topological polar surface area (TPSA) is 85.0 Å². The Morgan fingerprint density at radius 3 is 2.21 bits per heavy atom. The van der Waals surface area contributed by atoms with Gasteiger partial charge in [0.25, 0.3) is 0 Å². The van der Waals surface area contributed by atoms with Crippen molar-refractivity contribution in [3.05, 3.63) is 132 Å². The normalized spacial score (nSPS) is 16.7.